The zero-order valence-corrected chi connectivity index (χ0v) is 8.04. The maximum absolute atomic E-state index is 6.13. The van der Waals surface area contributed by atoms with Crippen LogP contribution in [0.1, 0.15) is 33.1 Å². The zero-order valence-electron chi connectivity index (χ0n) is 6.53. The van der Waals surface area contributed by atoms with Gasteiger partial charge in [0.15, 0.2) is 0 Å². The Kier molecular flexibility index (Phi) is 2.52. The molecule has 1 fully saturated rings. The lowest BCUT2D eigenvalue weighted by atomic mass is 9.77. The van der Waals surface area contributed by atoms with E-state index in [9.17, 15) is 0 Å². The molecule has 1 saturated carbocycles. The molecule has 0 aromatic carbocycles. The average Bonchev–Trinajstić information content (AvgIpc) is 1.83. The number of rotatable bonds is 0. The fourth-order valence-corrected chi connectivity index (χ4v) is 2.26. The first kappa shape index (κ1) is 8.67. The van der Waals surface area contributed by atoms with Crippen molar-refractivity contribution in [1.29, 1.82) is 0 Å². The van der Waals surface area contributed by atoms with Crippen molar-refractivity contribution in [3.63, 3.8) is 0 Å². The highest BCUT2D eigenvalue weighted by Gasteiger charge is 2.36. The number of alkyl halides is 2. The summed E-state index contributed by atoms with van der Waals surface area (Å²) < 4.78 is 0. The lowest BCUT2D eigenvalue weighted by Gasteiger charge is -2.37. The van der Waals surface area contributed by atoms with Gasteiger partial charge in [0.25, 0.3) is 0 Å². The molecule has 0 bridgehead atoms. The second-order valence-corrected chi connectivity index (χ2v) is 4.83. The highest BCUT2D eigenvalue weighted by atomic mass is 35.5. The van der Waals surface area contributed by atoms with E-state index in [4.69, 9.17) is 23.2 Å². The summed E-state index contributed by atoms with van der Waals surface area (Å²) in [6.07, 6.45) is 3.52. The Bertz CT molecular complexity index is 120. The van der Waals surface area contributed by atoms with Crippen LogP contribution in [0.3, 0.4) is 0 Å². The maximum atomic E-state index is 6.13. The van der Waals surface area contributed by atoms with Crippen molar-refractivity contribution in [2.75, 3.05) is 0 Å². The number of hydrogen-bond acceptors (Lipinski definition) is 0. The van der Waals surface area contributed by atoms with E-state index in [0.29, 0.717) is 0 Å². The van der Waals surface area contributed by atoms with Crippen LogP contribution in [0.25, 0.3) is 0 Å². The van der Waals surface area contributed by atoms with Gasteiger partial charge in [-0.1, -0.05) is 20.3 Å². The van der Waals surface area contributed by atoms with E-state index >= 15 is 0 Å². The highest BCUT2D eigenvalue weighted by molar-refractivity contribution is 6.30. The van der Waals surface area contributed by atoms with Crippen LogP contribution >= 0.6 is 23.2 Å². The Balaban J connectivity index is 2.60. The fraction of sp³-hybridized carbons (Fsp3) is 1.00. The molecule has 0 aromatic rings. The van der Waals surface area contributed by atoms with Crippen molar-refractivity contribution < 1.29 is 0 Å². The van der Waals surface area contributed by atoms with Crippen molar-refractivity contribution in [2.45, 2.75) is 43.9 Å². The molecule has 1 aliphatic carbocycles. The molecule has 0 N–H and O–H groups in total. The van der Waals surface area contributed by atoms with Crippen LogP contribution in [0.2, 0.25) is 0 Å². The average molecular weight is 181 g/mol. The van der Waals surface area contributed by atoms with Crippen LogP contribution < -0.4 is 0 Å². The third-order valence-electron chi connectivity index (χ3n) is 2.37. The molecule has 0 aliphatic heterocycles. The quantitative estimate of drug-likeness (QED) is 0.502. The molecule has 0 spiro atoms. The van der Waals surface area contributed by atoms with Gasteiger partial charge in [0, 0.05) is 0 Å². The van der Waals surface area contributed by atoms with Crippen molar-refractivity contribution >= 4 is 23.2 Å². The zero-order chi connectivity index (χ0) is 7.78. The van der Waals surface area contributed by atoms with E-state index in [1.165, 1.54) is 12.8 Å². The summed E-state index contributed by atoms with van der Waals surface area (Å²) in [6, 6.07) is 0. The van der Waals surface area contributed by atoms with E-state index < -0.39 is 0 Å². The van der Waals surface area contributed by atoms with Gasteiger partial charge in [0.2, 0.25) is 0 Å². The van der Waals surface area contributed by atoms with Crippen LogP contribution in [0.4, 0.5) is 0 Å². The summed E-state index contributed by atoms with van der Waals surface area (Å²) >= 11 is 12.1. The molecule has 0 saturated heterocycles. The topological polar surface area (TPSA) is 0 Å². The second-order valence-electron chi connectivity index (χ2n) is 3.80. The van der Waals surface area contributed by atoms with Gasteiger partial charge in [-0.05, 0) is 18.3 Å². The smallest absolute Gasteiger partial charge is 0.0550 e. The van der Waals surface area contributed by atoms with Crippen LogP contribution in [-0.4, -0.2) is 10.8 Å². The number of hydrogen-bond donors (Lipinski definition) is 0. The summed E-state index contributed by atoms with van der Waals surface area (Å²) in [5.74, 6) is 0. The molecule has 1 aliphatic rings. The summed E-state index contributed by atoms with van der Waals surface area (Å²) in [6.45, 7) is 4.39. The Morgan fingerprint density at radius 2 is 1.90 bits per heavy atom. The van der Waals surface area contributed by atoms with Crippen LogP contribution in [-0.2, 0) is 0 Å². The van der Waals surface area contributed by atoms with Crippen molar-refractivity contribution in [3.05, 3.63) is 0 Å². The first-order valence-electron chi connectivity index (χ1n) is 3.82. The standard InChI is InChI=1S/C8H14Cl2/c1-8(2)5-3-4-6(9)7(8)10/h6-7H,3-5H2,1-2H3. The minimum absolute atomic E-state index is 0.155. The van der Waals surface area contributed by atoms with Gasteiger partial charge in [0.05, 0.1) is 10.8 Å². The minimum Gasteiger partial charge on any atom is -0.121 e. The van der Waals surface area contributed by atoms with Gasteiger partial charge in [-0.2, -0.15) is 0 Å². The van der Waals surface area contributed by atoms with Crippen LogP contribution in [0.15, 0.2) is 0 Å². The SMILES string of the molecule is CC1(C)CCCC(Cl)C1Cl. The van der Waals surface area contributed by atoms with E-state index in [1.54, 1.807) is 0 Å². The Morgan fingerprint density at radius 3 is 2.30 bits per heavy atom. The predicted molar refractivity (Wildman–Crippen MR) is 46.9 cm³/mol. The van der Waals surface area contributed by atoms with Crippen molar-refractivity contribution in [3.8, 4) is 0 Å². The first-order valence-corrected chi connectivity index (χ1v) is 4.69. The molecular weight excluding hydrogens is 167 g/mol. The van der Waals surface area contributed by atoms with Gasteiger partial charge < -0.3 is 0 Å². The minimum atomic E-state index is 0.155. The Hall–Kier alpha value is 0.580. The van der Waals surface area contributed by atoms with E-state index in [-0.39, 0.29) is 16.2 Å². The van der Waals surface area contributed by atoms with Gasteiger partial charge in [-0.3, -0.25) is 0 Å². The molecule has 2 heteroatoms. The Morgan fingerprint density at radius 1 is 1.30 bits per heavy atom. The van der Waals surface area contributed by atoms with E-state index in [0.717, 1.165) is 6.42 Å². The highest BCUT2D eigenvalue weighted by Crippen LogP contribution is 2.41. The van der Waals surface area contributed by atoms with Gasteiger partial charge in [-0.25, -0.2) is 0 Å². The maximum Gasteiger partial charge on any atom is 0.0550 e. The van der Waals surface area contributed by atoms with E-state index in [1.807, 2.05) is 0 Å². The van der Waals surface area contributed by atoms with Gasteiger partial charge in [0.1, 0.15) is 0 Å². The second kappa shape index (κ2) is 2.91. The summed E-state index contributed by atoms with van der Waals surface area (Å²) in [7, 11) is 0. The van der Waals surface area contributed by atoms with Crippen molar-refractivity contribution in [2.24, 2.45) is 5.41 Å². The molecule has 2 atom stereocenters. The molecule has 0 heterocycles. The summed E-state index contributed by atoms with van der Waals surface area (Å²) in [5, 5.41) is 0.341. The van der Waals surface area contributed by atoms with Gasteiger partial charge in [-0.15, -0.1) is 23.2 Å². The third kappa shape index (κ3) is 1.60. The molecule has 2 unspecified atom stereocenters. The largest absolute Gasteiger partial charge is 0.121 e. The fourth-order valence-electron chi connectivity index (χ4n) is 1.53. The van der Waals surface area contributed by atoms with Gasteiger partial charge >= 0.3 is 0 Å². The lowest BCUT2D eigenvalue weighted by Crippen LogP contribution is -2.36. The molecular formula is C8H14Cl2. The van der Waals surface area contributed by atoms with Crippen molar-refractivity contribution in [1.82, 2.24) is 0 Å². The molecule has 1 rings (SSSR count). The Labute approximate surface area is 72.9 Å². The summed E-state index contributed by atoms with van der Waals surface area (Å²) in [5.41, 5.74) is 0.242. The van der Waals surface area contributed by atoms with E-state index in [2.05, 4.69) is 13.8 Å². The normalized spacial score (nSPS) is 39.6. The predicted octanol–water partition coefficient (Wildman–Crippen LogP) is 3.41. The lowest BCUT2D eigenvalue weighted by molar-refractivity contribution is 0.255. The molecule has 10 heavy (non-hydrogen) atoms. The first-order chi connectivity index (χ1) is 4.54. The van der Waals surface area contributed by atoms with Crippen LogP contribution in [0, 0.1) is 5.41 Å². The molecule has 0 amide bonds. The molecule has 0 radical (unpaired) electrons. The van der Waals surface area contributed by atoms with Crippen LogP contribution in [0.5, 0.6) is 0 Å². The molecule has 0 aromatic heterocycles. The third-order valence-corrected chi connectivity index (χ3v) is 3.86. The number of halogens is 2. The molecule has 60 valence electrons. The monoisotopic (exact) mass is 180 g/mol. The molecule has 0 nitrogen and oxygen atoms in total. The summed E-state index contributed by atoms with van der Waals surface area (Å²) in [4.78, 5) is 0.